The van der Waals surface area contributed by atoms with E-state index in [4.69, 9.17) is 10.9 Å². The lowest BCUT2D eigenvalue weighted by Gasteiger charge is -2.37. The summed E-state index contributed by atoms with van der Waals surface area (Å²) in [6.45, 7) is 5.45. The van der Waals surface area contributed by atoms with Crippen molar-refractivity contribution in [3.63, 3.8) is 0 Å². The van der Waals surface area contributed by atoms with Crippen LogP contribution < -0.4 is 10.6 Å². The molecule has 0 spiro atoms. The average Bonchev–Trinajstić information content (AvgIpc) is 2.53. The van der Waals surface area contributed by atoms with E-state index >= 15 is 0 Å². The molecule has 7 heteroatoms. The van der Waals surface area contributed by atoms with Gasteiger partial charge in [-0.25, -0.2) is 0 Å². The van der Waals surface area contributed by atoms with Crippen molar-refractivity contribution in [1.82, 2.24) is 15.1 Å². The van der Waals surface area contributed by atoms with Gasteiger partial charge in [0.05, 0.1) is 11.8 Å². The molecule has 0 saturated carbocycles. The molecule has 1 aliphatic rings. The Balaban J connectivity index is 2.15. The number of nitrogens with two attached hydrogens (primary N) is 1. The zero-order valence-electron chi connectivity index (χ0n) is 12.0. The van der Waals surface area contributed by atoms with Crippen molar-refractivity contribution >= 4 is 11.7 Å². The molecule has 1 aromatic rings. The van der Waals surface area contributed by atoms with Crippen LogP contribution in [0.5, 0.6) is 0 Å². The van der Waals surface area contributed by atoms with Gasteiger partial charge >= 0.3 is 0 Å². The highest BCUT2D eigenvalue weighted by atomic mass is 16.4. The smallest absolute Gasteiger partial charge is 0.173 e. The van der Waals surface area contributed by atoms with E-state index in [0.29, 0.717) is 17.4 Å². The third-order valence-electron chi connectivity index (χ3n) is 3.97. The molecule has 0 radical (unpaired) electrons. The van der Waals surface area contributed by atoms with Crippen LogP contribution in [0.25, 0.3) is 0 Å². The monoisotopic (exact) mass is 278 g/mol. The number of rotatable bonds is 4. The Morgan fingerprint density at radius 2 is 2.25 bits per heavy atom. The fourth-order valence-electron chi connectivity index (χ4n) is 2.63. The van der Waals surface area contributed by atoms with Gasteiger partial charge in [-0.2, -0.15) is 5.10 Å². The van der Waals surface area contributed by atoms with Gasteiger partial charge in [0.15, 0.2) is 11.7 Å². The molecular formula is C13H22N6O. The van der Waals surface area contributed by atoms with E-state index in [1.165, 1.54) is 0 Å². The van der Waals surface area contributed by atoms with E-state index in [1.54, 1.807) is 12.3 Å². The van der Waals surface area contributed by atoms with Gasteiger partial charge < -0.3 is 20.7 Å². The summed E-state index contributed by atoms with van der Waals surface area (Å²) < 4.78 is 0. The first-order valence-corrected chi connectivity index (χ1v) is 6.92. The van der Waals surface area contributed by atoms with Crippen molar-refractivity contribution in [2.45, 2.75) is 25.8 Å². The second kappa shape index (κ2) is 6.51. The minimum Gasteiger partial charge on any atom is -0.409 e. The first-order chi connectivity index (χ1) is 9.67. The normalized spacial score (nSPS) is 18.2. The molecule has 7 nitrogen and oxygen atoms in total. The molecule has 0 bridgehead atoms. The molecule has 110 valence electrons. The molecule has 1 aliphatic heterocycles. The summed E-state index contributed by atoms with van der Waals surface area (Å²) in [7, 11) is 1.99. The van der Waals surface area contributed by atoms with Crippen LogP contribution in [0.2, 0.25) is 0 Å². The van der Waals surface area contributed by atoms with Gasteiger partial charge in [-0.05, 0) is 25.5 Å². The van der Waals surface area contributed by atoms with Crippen molar-refractivity contribution < 1.29 is 5.21 Å². The first kappa shape index (κ1) is 14.5. The van der Waals surface area contributed by atoms with E-state index in [1.807, 2.05) is 7.05 Å². The Morgan fingerprint density at radius 3 is 2.85 bits per heavy atom. The van der Waals surface area contributed by atoms with E-state index < -0.39 is 0 Å². The van der Waals surface area contributed by atoms with Crippen LogP contribution in [-0.4, -0.2) is 58.9 Å². The van der Waals surface area contributed by atoms with Gasteiger partial charge in [0.25, 0.3) is 0 Å². The van der Waals surface area contributed by atoms with Crippen LogP contribution in [0.15, 0.2) is 17.4 Å². The van der Waals surface area contributed by atoms with Crippen molar-refractivity contribution in [1.29, 1.82) is 0 Å². The van der Waals surface area contributed by atoms with Crippen molar-refractivity contribution in [2.24, 2.45) is 10.9 Å². The Kier molecular flexibility index (Phi) is 4.73. The largest absolute Gasteiger partial charge is 0.409 e. The highest BCUT2D eigenvalue weighted by Gasteiger charge is 2.24. The van der Waals surface area contributed by atoms with Gasteiger partial charge in [-0.15, -0.1) is 5.10 Å². The minimum atomic E-state index is 0.0627. The second-order valence-electron chi connectivity index (χ2n) is 5.03. The lowest BCUT2D eigenvalue weighted by molar-refractivity contribution is 0.220. The number of nitrogens with zero attached hydrogens (tertiary/aromatic N) is 5. The maximum absolute atomic E-state index is 8.86. The Bertz CT molecular complexity index is 470. The van der Waals surface area contributed by atoms with Gasteiger partial charge in [-0.3, -0.25) is 0 Å². The number of oxime groups is 1. The molecule has 0 atom stereocenters. The van der Waals surface area contributed by atoms with Crippen molar-refractivity contribution in [3.05, 3.63) is 17.8 Å². The van der Waals surface area contributed by atoms with Crippen LogP contribution in [0.1, 0.15) is 25.3 Å². The SMILES string of the molecule is CCN1CCC(N(C)c2nnccc2/C(N)=N/O)CC1. The summed E-state index contributed by atoms with van der Waals surface area (Å²) in [4.78, 5) is 4.53. The van der Waals surface area contributed by atoms with Crippen LogP contribution >= 0.6 is 0 Å². The molecule has 1 aromatic heterocycles. The van der Waals surface area contributed by atoms with Crippen molar-refractivity contribution in [2.75, 3.05) is 31.6 Å². The molecule has 20 heavy (non-hydrogen) atoms. The number of aromatic nitrogens is 2. The molecule has 1 fully saturated rings. The Hall–Kier alpha value is -1.89. The fourth-order valence-corrected chi connectivity index (χ4v) is 2.63. The van der Waals surface area contributed by atoms with E-state index in [-0.39, 0.29) is 5.84 Å². The van der Waals surface area contributed by atoms with E-state index in [9.17, 15) is 0 Å². The predicted octanol–water partition coefficient (Wildman–Crippen LogP) is 0.492. The maximum Gasteiger partial charge on any atom is 0.173 e. The average molecular weight is 278 g/mol. The zero-order valence-corrected chi connectivity index (χ0v) is 12.0. The number of hydrogen-bond acceptors (Lipinski definition) is 6. The molecule has 2 rings (SSSR count). The molecule has 2 heterocycles. The standard InChI is InChI=1S/C13H22N6O/c1-3-19-8-5-10(6-9-19)18(2)13-11(12(14)17-20)4-7-15-16-13/h4,7,10,20H,3,5-6,8-9H2,1-2H3,(H2,14,17). The Labute approximate surface area is 119 Å². The van der Waals surface area contributed by atoms with Crippen LogP contribution in [-0.2, 0) is 0 Å². The van der Waals surface area contributed by atoms with Crippen molar-refractivity contribution in [3.8, 4) is 0 Å². The number of piperidine rings is 1. The minimum absolute atomic E-state index is 0.0627. The van der Waals surface area contributed by atoms with Gasteiger partial charge in [0, 0.05) is 26.2 Å². The zero-order chi connectivity index (χ0) is 14.5. The highest BCUT2D eigenvalue weighted by molar-refractivity contribution is 6.01. The van der Waals surface area contributed by atoms with Crippen LogP contribution in [0, 0.1) is 0 Å². The molecule has 0 amide bonds. The third-order valence-corrected chi connectivity index (χ3v) is 3.97. The van der Waals surface area contributed by atoms with Crippen LogP contribution in [0.4, 0.5) is 5.82 Å². The molecular weight excluding hydrogens is 256 g/mol. The first-order valence-electron chi connectivity index (χ1n) is 6.92. The van der Waals surface area contributed by atoms with Gasteiger partial charge in [-0.1, -0.05) is 12.1 Å². The third kappa shape index (κ3) is 2.98. The Morgan fingerprint density at radius 1 is 1.55 bits per heavy atom. The van der Waals surface area contributed by atoms with E-state index in [2.05, 4.69) is 32.1 Å². The predicted molar refractivity (Wildman–Crippen MR) is 78.1 cm³/mol. The summed E-state index contributed by atoms with van der Waals surface area (Å²) in [6.07, 6.45) is 3.71. The lowest BCUT2D eigenvalue weighted by Crippen LogP contribution is -2.44. The summed E-state index contributed by atoms with van der Waals surface area (Å²) in [6, 6.07) is 2.12. The van der Waals surface area contributed by atoms with E-state index in [0.717, 1.165) is 32.5 Å². The number of amidine groups is 1. The number of likely N-dealkylation sites (tertiary alicyclic amines) is 1. The lowest BCUT2D eigenvalue weighted by atomic mass is 10.0. The molecule has 3 N–H and O–H groups in total. The fraction of sp³-hybridized carbons (Fsp3) is 0.615. The quantitative estimate of drug-likeness (QED) is 0.360. The van der Waals surface area contributed by atoms with Gasteiger partial charge in [0.1, 0.15) is 0 Å². The maximum atomic E-state index is 8.86. The second-order valence-corrected chi connectivity index (χ2v) is 5.03. The summed E-state index contributed by atoms with van der Waals surface area (Å²) in [5.74, 6) is 0.727. The number of hydrogen-bond donors (Lipinski definition) is 2. The summed E-state index contributed by atoms with van der Waals surface area (Å²) >= 11 is 0. The highest BCUT2D eigenvalue weighted by Crippen LogP contribution is 2.22. The molecule has 0 unspecified atom stereocenters. The summed E-state index contributed by atoms with van der Waals surface area (Å²) in [5.41, 5.74) is 6.32. The molecule has 1 saturated heterocycles. The van der Waals surface area contributed by atoms with Gasteiger partial charge in [0.2, 0.25) is 0 Å². The summed E-state index contributed by atoms with van der Waals surface area (Å²) in [5, 5.41) is 20.0. The number of anilines is 1. The topological polar surface area (TPSA) is 90.9 Å². The molecule has 0 aliphatic carbocycles. The van der Waals surface area contributed by atoms with Crippen LogP contribution in [0.3, 0.4) is 0 Å². The molecule has 0 aromatic carbocycles.